The van der Waals surface area contributed by atoms with Gasteiger partial charge in [-0.2, -0.15) is 0 Å². The maximum atomic E-state index is 12.2. The topological polar surface area (TPSA) is 64.1 Å². The molecule has 5 nitrogen and oxygen atoms in total. The first kappa shape index (κ1) is 39.2. The van der Waals surface area contributed by atoms with E-state index < -0.39 is 0 Å². The minimum absolute atomic E-state index is 0. The third-order valence-corrected chi connectivity index (χ3v) is 11.5. The van der Waals surface area contributed by atoms with Crippen LogP contribution in [0.25, 0.3) is 94.3 Å². The second kappa shape index (κ2) is 14.8. The quantitative estimate of drug-likeness (QED) is 0.175. The summed E-state index contributed by atoms with van der Waals surface area (Å²) in [5, 5.41) is 16.5. The molecule has 0 atom stereocenters. The Balaban J connectivity index is 0.00000462. The molecule has 0 aliphatic heterocycles. The molecule has 10 aromatic rings. The minimum Gasteiger partial charge on any atom is -0.507 e. The number of phenols is 1. The predicted molar refractivity (Wildman–Crippen MR) is 243 cm³/mol. The maximum absolute atomic E-state index is 12.2. The zero-order valence-corrected chi connectivity index (χ0v) is 36.7. The van der Waals surface area contributed by atoms with E-state index in [1.165, 1.54) is 5.39 Å². The van der Waals surface area contributed by atoms with Crippen LogP contribution in [-0.2, 0) is 31.9 Å². The van der Waals surface area contributed by atoms with Gasteiger partial charge in [0.05, 0.1) is 16.6 Å². The molecule has 3 aromatic heterocycles. The second-order valence-corrected chi connectivity index (χ2v) is 17.6. The molecule has 0 spiro atoms. The summed E-state index contributed by atoms with van der Waals surface area (Å²) >= 11 is 0. The number of aromatic nitrogens is 3. The van der Waals surface area contributed by atoms with Crippen molar-refractivity contribution < 1.29 is 30.6 Å². The summed E-state index contributed by atoms with van der Waals surface area (Å²) in [6.07, 6.45) is 1.92. The van der Waals surface area contributed by atoms with E-state index in [2.05, 4.69) is 161 Å². The van der Waals surface area contributed by atoms with Crippen molar-refractivity contribution in [2.45, 2.75) is 52.4 Å². The Kier molecular flexibility index (Phi) is 9.64. The Bertz CT molecular complexity index is 3240. The van der Waals surface area contributed by atoms with Crippen molar-refractivity contribution >= 4 is 43.7 Å². The van der Waals surface area contributed by atoms with Gasteiger partial charge in [0, 0.05) is 55.0 Å². The number of rotatable bonds is 5. The predicted octanol–water partition coefficient (Wildman–Crippen LogP) is 14.2. The van der Waals surface area contributed by atoms with E-state index in [1.54, 1.807) is 0 Å². The van der Waals surface area contributed by atoms with Gasteiger partial charge in [0.1, 0.15) is 22.7 Å². The van der Waals surface area contributed by atoms with Crippen LogP contribution >= 0.6 is 0 Å². The third-order valence-electron chi connectivity index (χ3n) is 11.5. The number of imidazole rings is 1. The molecule has 10 rings (SSSR count). The van der Waals surface area contributed by atoms with Crippen LogP contribution in [0.4, 0.5) is 0 Å². The van der Waals surface area contributed by atoms with Gasteiger partial charge in [-0.3, -0.25) is 9.55 Å². The molecule has 0 aliphatic rings. The fraction of sp³-hybridized carbons (Fsp3) is 0.148. The molecule has 3 heterocycles. The Hall–Kier alpha value is -6.29. The second-order valence-electron chi connectivity index (χ2n) is 17.6. The van der Waals surface area contributed by atoms with E-state index in [0.717, 1.165) is 88.7 Å². The number of fused-ring (bicyclic) bond motifs is 5. The van der Waals surface area contributed by atoms with Crippen LogP contribution in [-0.4, -0.2) is 19.6 Å². The molecule has 0 saturated heterocycles. The number of pyridine rings is 1. The zero-order chi connectivity index (χ0) is 40.6. The molecular weight excluding hydrogens is 918 g/mol. The Morgan fingerprint density at radius 2 is 1.27 bits per heavy atom. The molecule has 0 aliphatic carbocycles. The Morgan fingerprint density at radius 3 is 1.98 bits per heavy atom. The average molecular weight is 962 g/mol. The van der Waals surface area contributed by atoms with Gasteiger partial charge in [-0.15, -0.1) is 23.8 Å². The molecular formula is C54H44N3O2Pt-. The number of benzene rings is 7. The van der Waals surface area contributed by atoms with E-state index in [1.807, 2.05) is 42.6 Å². The zero-order valence-electron chi connectivity index (χ0n) is 34.4. The Morgan fingerprint density at radius 1 is 0.600 bits per heavy atom. The van der Waals surface area contributed by atoms with E-state index in [4.69, 9.17) is 14.4 Å². The van der Waals surface area contributed by atoms with Crippen LogP contribution in [0.3, 0.4) is 0 Å². The van der Waals surface area contributed by atoms with Crippen molar-refractivity contribution in [2.24, 2.45) is 0 Å². The summed E-state index contributed by atoms with van der Waals surface area (Å²) in [7, 11) is 0. The molecule has 0 bridgehead atoms. The van der Waals surface area contributed by atoms with Crippen LogP contribution in [0.1, 0.15) is 52.7 Å². The minimum atomic E-state index is -0.300. The molecule has 0 fully saturated rings. The number of nitrogens with zero attached hydrogens (tertiary/aromatic N) is 3. The molecule has 7 aromatic carbocycles. The van der Waals surface area contributed by atoms with Gasteiger partial charge in [-0.05, 0) is 75.2 Å². The molecule has 6 heteroatoms. The summed E-state index contributed by atoms with van der Waals surface area (Å²) in [5.41, 5.74) is 12.1. The van der Waals surface area contributed by atoms with Gasteiger partial charge < -0.3 is 9.52 Å². The number of hydrogen-bond acceptors (Lipinski definition) is 4. The monoisotopic (exact) mass is 961 g/mol. The van der Waals surface area contributed by atoms with Crippen molar-refractivity contribution in [3.63, 3.8) is 0 Å². The fourth-order valence-corrected chi connectivity index (χ4v) is 8.30. The van der Waals surface area contributed by atoms with Crippen molar-refractivity contribution in [1.82, 2.24) is 14.5 Å². The SMILES string of the molecule is CC(C)(C)c1cc(-c2nc3c(-c4[c-]c(-c5cc6oc7cc8ccccc8cc7c6cn5)cc(-c5ccccc5)c4)cccc3n2-c2ccccc2)c(O)c(C(C)(C)C)c1.[Pt]. The van der Waals surface area contributed by atoms with Crippen molar-refractivity contribution in [2.75, 3.05) is 0 Å². The maximum Gasteiger partial charge on any atom is 0.148 e. The largest absolute Gasteiger partial charge is 0.507 e. The molecule has 298 valence electrons. The molecule has 0 amide bonds. The van der Waals surface area contributed by atoms with Crippen LogP contribution < -0.4 is 0 Å². The smallest absolute Gasteiger partial charge is 0.148 e. The third kappa shape index (κ3) is 6.81. The van der Waals surface area contributed by atoms with Crippen LogP contribution in [0.15, 0.2) is 156 Å². The number of phenolic OH excluding ortho intramolecular Hbond substituents is 1. The first-order valence-corrected chi connectivity index (χ1v) is 20.2. The summed E-state index contributed by atoms with van der Waals surface area (Å²) < 4.78 is 8.67. The van der Waals surface area contributed by atoms with Gasteiger partial charge in [0.2, 0.25) is 0 Å². The van der Waals surface area contributed by atoms with Gasteiger partial charge >= 0.3 is 0 Å². The molecule has 0 saturated carbocycles. The van der Waals surface area contributed by atoms with Crippen LogP contribution in [0.2, 0.25) is 0 Å². The standard InChI is InChI=1S/C54H44N3O2.Pt/c1-53(2,3)39-29-43(51(58)45(30-39)54(4,5)6)52-56-50-41(22-15-23-47(50)57(52)40-20-11-8-12-21-40)37-24-36(33-16-9-7-10-17-33)25-38(26-37)46-31-49-44(32-55-46)42-27-34-18-13-14-19-35(34)28-48(42)59-49;/h7-25,27-32,58H,1-6H3;/q-1;. The van der Waals surface area contributed by atoms with Crippen LogP contribution in [0.5, 0.6) is 5.75 Å². The van der Waals surface area contributed by atoms with Crippen molar-refractivity contribution in [3.8, 4) is 56.3 Å². The van der Waals surface area contributed by atoms with Crippen LogP contribution in [0, 0.1) is 6.07 Å². The summed E-state index contributed by atoms with van der Waals surface area (Å²) in [6, 6.07) is 54.1. The van der Waals surface area contributed by atoms with E-state index in [0.29, 0.717) is 11.4 Å². The summed E-state index contributed by atoms with van der Waals surface area (Å²) in [6.45, 7) is 13.1. The van der Waals surface area contributed by atoms with Crippen molar-refractivity contribution in [3.05, 3.63) is 169 Å². The summed E-state index contributed by atoms with van der Waals surface area (Å²) in [5.74, 6) is 0.927. The number of para-hydroxylation sites is 2. The normalized spacial score (nSPS) is 12.1. The van der Waals surface area contributed by atoms with Gasteiger partial charge in [-0.1, -0.05) is 149 Å². The number of hydrogen-bond donors (Lipinski definition) is 1. The molecule has 60 heavy (non-hydrogen) atoms. The van der Waals surface area contributed by atoms with E-state index in [-0.39, 0.29) is 37.6 Å². The first-order valence-electron chi connectivity index (χ1n) is 20.2. The summed E-state index contributed by atoms with van der Waals surface area (Å²) in [4.78, 5) is 10.5. The number of furan rings is 1. The van der Waals surface area contributed by atoms with E-state index >= 15 is 0 Å². The van der Waals surface area contributed by atoms with Gasteiger partial charge in [-0.25, -0.2) is 4.98 Å². The molecule has 1 N–H and O–H groups in total. The Labute approximate surface area is 364 Å². The van der Waals surface area contributed by atoms with Gasteiger partial charge in [0.25, 0.3) is 0 Å². The average Bonchev–Trinajstić information content (AvgIpc) is 3.80. The van der Waals surface area contributed by atoms with Crippen molar-refractivity contribution in [1.29, 1.82) is 0 Å². The van der Waals surface area contributed by atoms with E-state index in [9.17, 15) is 5.11 Å². The first-order chi connectivity index (χ1) is 28.4. The molecule has 0 unspecified atom stereocenters. The molecule has 0 radical (unpaired) electrons. The fourth-order valence-electron chi connectivity index (χ4n) is 8.30. The number of aromatic hydroxyl groups is 1. The van der Waals surface area contributed by atoms with Gasteiger partial charge in [0.15, 0.2) is 0 Å².